The molecule has 0 N–H and O–H groups in total. The summed E-state index contributed by atoms with van der Waals surface area (Å²) in [6.07, 6.45) is 5.54. The molecule has 29 heavy (non-hydrogen) atoms. The molecule has 0 spiro atoms. The maximum Gasteiger partial charge on any atom is 0.250 e. The first-order valence-electron chi connectivity index (χ1n) is 10.8. The summed E-state index contributed by atoms with van der Waals surface area (Å²) in [5.41, 5.74) is 4.24. The Morgan fingerprint density at radius 1 is 0.897 bits per heavy atom. The van der Waals surface area contributed by atoms with Crippen molar-refractivity contribution in [1.29, 1.82) is 0 Å². The molecule has 2 amide bonds. The zero-order valence-electron chi connectivity index (χ0n) is 17.4. The third-order valence-electron chi connectivity index (χ3n) is 6.43. The molecule has 1 saturated heterocycles. The molecule has 0 bridgehead atoms. The van der Waals surface area contributed by atoms with Crippen molar-refractivity contribution in [1.82, 2.24) is 9.80 Å². The van der Waals surface area contributed by atoms with E-state index in [0.717, 1.165) is 42.4 Å². The van der Waals surface area contributed by atoms with Crippen molar-refractivity contribution < 1.29 is 9.59 Å². The van der Waals surface area contributed by atoms with Crippen LogP contribution in [0, 0.1) is 13.8 Å². The van der Waals surface area contributed by atoms with E-state index < -0.39 is 6.04 Å². The van der Waals surface area contributed by atoms with Crippen LogP contribution in [0.1, 0.15) is 60.4 Å². The zero-order valence-corrected chi connectivity index (χ0v) is 17.4. The molecule has 1 heterocycles. The molecule has 4 rings (SSSR count). The summed E-state index contributed by atoms with van der Waals surface area (Å²) in [5, 5.41) is 0. The molecule has 1 saturated carbocycles. The number of carbonyl (C=O) groups excluding carboxylic acids is 2. The lowest BCUT2D eigenvalue weighted by Gasteiger charge is -2.45. The molecule has 4 heteroatoms. The molecule has 1 aliphatic heterocycles. The van der Waals surface area contributed by atoms with E-state index in [4.69, 9.17) is 0 Å². The molecule has 2 fully saturated rings. The van der Waals surface area contributed by atoms with Gasteiger partial charge in [-0.05, 0) is 43.4 Å². The smallest absolute Gasteiger partial charge is 0.250 e. The van der Waals surface area contributed by atoms with Gasteiger partial charge in [0.25, 0.3) is 5.91 Å². The Morgan fingerprint density at radius 2 is 1.59 bits per heavy atom. The van der Waals surface area contributed by atoms with Gasteiger partial charge in [-0.2, -0.15) is 0 Å². The normalized spacial score (nSPS) is 21.0. The van der Waals surface area contributed by atoms with E-state index >= 15 is 0 Å². The van der Waals surface area contributed by atoms with E-state index in [9.17, 15) is 9.59 Å². The highest BCUT2D eigenvalue weighted by Gasteiger charge is 2.43. The summed E-state index contributed by atoms with van der Waals surface area (Å²) in [6, 6.07) is 15.8. The zero-order chi connectivity index (χ0) is 20.4. The minimum Gasteiger partial charge on any atom is -0.328 e. The van der Waals surface area contributed by atoms with Gasteiger partial charge in [-0.15, -0.1) is 0 Å². The summed E-state index contributed by atoms with van der Waals surface area (Å²) < 4.78 is 0. The van der Waals surface area contributed by atoms with Crippen molar-refractivity contribution in [3.8, 4) is 0 Å². The molecule has 1 atom stereocenters. The maximum absolute atomic E-state index is 13.7. The minimum absolute atomic E-state index is 0.0454. The summed E-state index contributed by atoms with van der Waals surface area (Å²) in [7, 11) is 0. The van der Waals surface area contributed by atoms with Crippen molar-refractivity contribution in [3.63, 3.8) is 0 Å². The number of nitrogens with zero attached hydrogens (tertiary/aromatic N) is 2. The second kappa shape index (κ2) is 8.40. The van der Waals surface area contributed by atoms with Crippen LogP contribution >= 0.6 is 0 Å². The highest BCUT2D eigenvalue weighted by atomic mass is 16.2. The lowest BCUT2D eigenvalue weighted by molar-refractivity contribution is -0.160. The Labute approximate surface area is 173 Å². The van der Waals surface area contributed by atoms with E-state index in [2.05, 4.69) is 31.2 Å². The second-order valence-corrected chi connectivity index (χ2v) is 8.52. The van der Waals surface area contributed by atoms with Crippen LogP contribution in [0.15, 0.2) is 48.5 Å². The Hall–Kier alpha value is -2.62. The highest BCUT2D eigenvalue weighted by Crippen LogP contribution is 2.34. The van der Waals surface area contributed by atoms with E-state index in [1.807, 2.05) is 36.1 Å². The van der Waals surface area contributed by atoms with Crippen LogP contribution < -0.4 is 0 Å². The highest BCUT2D eigenvalue weighted by molar-refractivity contribution is 5.96. The lowest BCUT2D eigenvalue weighted by Crippen LogP contribution is -2.58. The predicted octanol–water partition coefficient (Wildman–Crippen LogP) is 4.55. The van der Waals surface area contributed by atoms with Crippen molar-refractivity contribution in [2.75, 3.05) is 6.54 Å². The second-order valence-electron chi connectivity index (χ2n) is 8.52. The molecule has 1 unspecified atom stereocenters. The Bertz CT molecular complexity index is 884. The van der Waals surface area contributed by atoms with Crippen molar-refractivity contribution >= 4 is 11.8 Å². The molecule has 0 aromatic heterocycles. The quantitative estimate of drug-likeness (QED) is 0.768. The molecule has 4 nitrogen and oxygen atoms in total. The molecule has 2 aliphatic rings. The van der Waals surface area contributed by atoms with Crippen molar-refractivity contribution in [2.45, 2.75) is 64.6 Å². The summed E-state index contributed by atoms with van der Waals surface area (Å²) >= 11 is 0. The van der Waals surface area contributed by atoms with Gasteiger partial charge in [-0.1, -0.05) is 73.4 Å². The summed E-state index contributed by atoms with van der Waals surface area (Å²) in [6.45, 7) is 4.74. The van der Waals surface area contributed by atoms with Gasteiger partial charge in [0.2, 0.25) is 5.91 Å². The van der Waals surface area contributed by atoms with Gasteiger partial charge in [0.1, 0.15) is 12.6 Å². The van der Waals surface area contributed by atoms with Gasteiger partial charge in [0, 0.05) is 12.6 Å². The first-order valence-corrected chi connectivity index (χ1v) is 10.8. The number of hydrogen-bond donors (Lipinski definition) is 0. The molecular formula is C25H30N2O2. The van der Waals surface area contributed by atoms with Gasteiger partial charge in [-0.3, -0.25) is 9.59 Å². The first kappa shape index (κ1) is 19.7. The Balaban J connectivity index is 1.69. The standard InChI is InChI=1S/C25H30N2O2/c1-18-12-14-20(15-13-18)16-27-23(28)17-26(21-9-4-3-5-10-21)25(29)24(27)22-11-7-6-8-19(22)2/h6-8,11-15,21,24H,3-5,9-10,16-17H2,1-2H3. The van der Waals surface area contributed by atoms with E-state index in [1.165, 1.54) is 12.0 Å². The molecule has 0 radical (unpaired) electrons. The number of amides is 2. The molecule has 152 valence electrons. The van der Waals surface area contributed by atoms with Gasteiger partial charge in [0.05, 0.1) is 0 Å². The van der Waals surface area contributed by atoms with Crippen LogP contribution in [-0.4, -0.2) is 34.2 Å². The number of benzene rings is 2. The monoisotopic (exact) mass is 390 g/mol. The van der Waals surface area contributed by atoms with Gasteiger partial charge in [0.15, 0.2) is 0 Å². The first-order chi connectivity index (χ1) is 14.0. The number of piperazine rings is 1. The van der Waals surface area contributed by atoms with Gasteiger partial charge in [-0.25, -0.2) is 0 Å². The fraction of sp³-hybridized carbons (Fsp3) is 0.440. The summed E-state index contributed by atoms with van der Waals surface area (Å²) in [5.74, 6) is 0.127. The largest absolute Gasteiger partial charge is 0.328 e. The van der Waals surface area contributed by atoms with Crippen LogP contribution in [0.25, 0.3) is 0 Å². The van der Waals surface area contributed by atoms with Crippen molar-refractivity contribution in [3.05, 3.63) is 70.8 Å². The van der Waals surface area contributed by atoms with Gasteiger partial charge < -0.3 is 9.80 Å². The van der Waals surface area contributed by atoms with E-state index in [0.29, 0.717) is 6.54 Å². The molecule has 2 aromatic rings. The minimum atomic E-state index is -0.541. The number of hydrogen-bond acceptors (Lipinski definition) is 2. The van der Waals surface area contributed by atoms with Crippen molar-refractivity contribution in [2.24, 2.45) is 0 Å². The topological polar surface area (TPSA) is 40.6 Å². The predicted molar refractivity (Wildman–Crippen MR) is 114 cm³/mol. The fourth-order valence-corrected chi connectivity index (χ4v) is 4.71. The number of aryl methyl sites for hydroxylation is 2. The van der Waals surface area contributed by atoms with Crippen LogP contribution in [0.5, 0.6) is 0 Å². The third-order valence-corrected chi connectivity index (χ3v) is 6.43. The Morgan fingerprint density at radius 3 is 2.28 bits per heavy atom. The van der Waals surface area contributed by atoms with Crippen LogP contribution in [-0.2, 0) is 16.1 Å². The number of rotatable bonds is 4. The average molecular weight is 391 g/mol. The fourth-order valence-electron chi connectivity index (χ4n) is 4.71. The van der Waals surface area contributed by atoms with Crippen LogP contribution in [0.3, 0.4) is 0 Å². The summed E-state index contributed by atoms with van der Waals surface area (Å²) in [4.78, 5) is 30.7. The molecular weight excluding hydrogens is 360 g/mol. The SMILES string of the molecule is Cc1ccc(CN2C(=O)CN(C3CCCCC3)C(=O)C2c2ccccc2C)cc1. The Kier molecular flexibility index (Phi) is 5.70. The van der Waals surface area contributed by atoms with E-state index in [-0.39, 0.29) is 24.4 Å². The number of carbonyl (C=O) groups is 2. The molecule has 2 aromatic carbocycles. The van der Waals surface area contributed by atoms with E-state index in [1.54, 1.807) is 4.90 Å². The average Bonchev–Trinajstić information content (AvgIpc) is 2.74. The van der Waals surface area contributed by atoms with Crippen LogP contribution in [0.4, 0.5) is 0 Å². The maximum atomic E-state index is 13.7. The van der Waals surface area contributed by atoms with Crippen LogP contribution in [0.2, 0.25) is 0 Å². The lowest BCUT2D eigenvalue weighted by atomic mass is 9.90. The molecule has 1 aliphatic carbocycles. The third kappa shape index (κ3) is 4.07. The van der Waals surface area contributed by atoms with Gasteiger partial charge >= 0.3 is 0 Å².